The maximum atomic E-state index is 12.6. The molecule has 8 nitrogen and oxygen atoms in total. The third-order valence-electron chi connectivity index (χ3n) is 4.26. The zero-order valence-electron chi connectivity index (χ0n) is 16.6. The van der Waals surface area contributed by atoms with Crippen molar-refractivity contribution < 1.29 is 9.59 Å². The largest absolute Gasteiger partial charge is 0.352 e. The van der Waals surface area contributed by atoms with E-state index < -0.39 is 11.1 Å². The van der Waals surface area contributed by atoms with Crippen molar-refractivity contribution in [3.8, 4) is 5.69 Å². The molecule has 0 bridgehead atoms. The number of H-pyrrole nitrogens is 1. The van der Waals surface area contributed by atoms with Crippen molar-refractivity contribution in [3.63, 3.8) is 0 Å². The van der Waals surface area contributed by atoms with Gasteiger partial charge < -0.3 is 10.6 Å². The van der Waals surface area contributed by atoms with E-state index in [1.807, 2.05) is 13.8 Å². The fourth-order valence-electron chi connectivity index (χ4n) is 2.71. The molecule has 1 aromatic heterocycles. The molecule has 3 N–H and O–H groups in total. The van der Waals surface area contributed by atoms with Gasteiger partial charge in [0.05, 0.1) is 5.69 Å². The number of benzene rings is 2. The second kappa shape index (κ2) is 9.04. The third-order valence-corrected chi connectivity index (χ3v) is 4.26. The van der Waals surface area contributed by atoms with Crippen LogP contribution in [0.3, 0.4) is 0 Å². The summed E-state index contributed by atoms with van der Waals surface area (Å²) in [7, 11) is 0. The molecule has 3 rings (SSSR count). The van der Waals surface area contributed by atoms with Crippen molar-refractivity contribution in [1.82, 2.24) is 15.1 Å². The highest BCUT2D eigenvalue weighted by Crippen LogP contribution is 2.13. The molecule has 1 heterocycles. The van der Waals surface area contributed by atoms with Crippen LogP contribution in [-0.2, 0) is 0 Å². The number of anilines is 1. The summed E-state index contributed by atoms with van der Waals surface area (Å²) in [6, 6.07) is 15.2. The third kappa shape index (κ3) is 5.11. The number of aromatic amines is 1. The fourth-order valence-corrected chi connectivity index (χ4v) is 2.71. The number of rotatable bonds is 6. The molecular weight excluding hydrogens is 384 g/mol. The Morgan fingerprint density at radius 1 is 0.933 bits per heavy atom. The minimum atomic E-state index is -0.429. The Labute approximate surface area is 172 Å². The molecule has 0 saturated heterocycles. The zero-order chi connectivity index (χ0) is 21.7. The smallest absolute Gasteiger partial charge is 0.269 e. The van der Waals surface area contributed by atoms with Crippen LogP contribution in [0.25, 0.3) is 5.69 Å². The summed E-state index contributed by atoms with van der Waals surface area (Å²) < 4.78 is 1.07. The minimum absolute atomic E-state index is 0.170. The molecule has 30 heavy (non-hydrogen) atoms. The number of carbonyl (C=O) groups is 2. The van der Waals surface area contributed by atoms with E-state index in [-0.39, 0.29) is 11.8 Å². The van der Waals surface area contributed by atoms with Crippen LogP contribution in [0.2, 0.25) is 0 Å². The highest BCUT2D eigenvalue weighted by molar-refractivity contribution is 6.05. The molecule has 0 radical (unpaired) electrons. The highest BCUT2D eigenvalue weighted by Gasteiger charge is 2.10. The predicted molar refractivity (Wildman–Crippen MR) is 114 cm³/mol. The molecule has 0 unspecified atom stereocenters. The average molecular weight is 406 g/mol. The Hall–Kier alpha value is -3.94. The van der Waals surface area contributed by atoms with Crippen molar-refractivity contribution in [1.29, 1.82) is 0 Å². The van der Waals surface area contributed by atoms with Gasteiger partial charge in [-0.2, -0.15) is 0 Å². The fraction of sp³-hybridized carbons (Fsp3) is 0.182. The van der Waals surface area contributed by atoms with Gasteiger partial charge in [-0.3, -0.25) is 24.3 Å². The van der Waals surface area contributed by atoms with Crippen molar-refractivity contribution in [2.75, 3.05) is 11.9 Å². The van der Waals surface area contributed by atoms with E-state index in [1.165, 1.54) is 6.07 Å². The first-order chi connectivity index (χ1) is 14.3. The lowest BCUT2D eigenvalue weighted by Gasteiger charge is -2.10. The highest BCUT2D eigenvalue weighted by atomic mass is 16.2. The van der Waals surface area contributed by atoms with Gasteiger partial charge in [0.1, 0.15) is 0 Å². The van der Waals surface area contributed by atoms with Gasteiger partial charge in [-0.25, -0.2) is 4.68 Å². The van der Waals surface area contributed by atoms with E-state index in [0.29, 0.717) is 35.0 Å². The van der Waals surface area contributed by atoms with E-state index in [4.69, 9.17) is 0 Å². The second-order valence-electron chi connectivity index (χ2n) is 7.17. The SMILES string of the molecule is CC(C)CNC(=O)c1ccc(NC(=O)c2cccc(-n3[nH]c(=O)ccc3=O)c2)cc1. The maximum Gasteiger partial charge on any atom is 0.269 e. The number of aromatic nitrogens is 2. The molecule has 0 saturated carbocycles. The van der Waals surface area contributed by atoms with Crippen LogP contribution in [-0.4, -0.2) is 28.1 Å². The van der Waals surface area contributed by atoms with Crippen LogP contribution >= 0.6 is 0 Å². The molecule has 0 aliphatic heterocycles. The lowest BCUT2D eigenvalue weighted by Crippen LogP contribution is -2.27. The Kier molecular flexibility index (Phi) is 6.26. The normalized spacial score (nSPS) is 10.6. The number of carbonyl (C=O) groups excluding carboxylic acids is 2. The van der Waals surface area contributed by atoms with Gasteiger partial charge in [-0.05, 0) is 48.4 Å². The Morgan fingerprint density at radius 2 is 1.67 bits per heavy atom. The summed E-state index contributed by atoms with van der Waals surface area (Å²) in [6.45, 7) is 4.61. The lowest BCUT2D eigenvalue weighted by atomic mass is 10.1. The molecule has 0 aliphatic carbocycles. The first kappa shape index (κ1) is 20.8. The summed E-state index contributed by atoms with van der Waals surface area (Å²) in [5.74, 6) is -0.204. The standard InChI is InChI=1S/C22H22N4O4/c1-14(2)13-23-21(29)15-6-8-17(9-7-15)24-22(30)16-4-3-5-18(12-16)26-20(28)11-10-19(27)25-26/h3-12,14H,13H2,1-2H3,(H,23,29)(H,24,30)(H,25,27). The molecule has 0 spiro atoms. The topological polar surface area (TPSA) is 113 Å². The van der Waals surface area contributed by atoms with Crippen molar-refractivity contribution in [3.05, 3.63) is 92.5 Å². The first-order valence-corrected chi connectivity index (χ1v) is 9.46. The summed E-state index contributed by atoms with van der Waals surface area (Å²) in [5, 5.41) is 8.01. The van der Waals surface area contributed by atoms with Crippen LogP contribution in [0.1, 0.15) is 34.6 Å². The number of nitrogens with zero attached hydrogens (tertiary/aromatic N) is 1. The predicted octanol–water partition coefficient (Wildman–Crippen LogP) is 2.16. The zero-order valence-corrected chi connectivity index (χ0v) is 16.6. The number of nitrogens with one attached hydrogen (secondary N) is 3. The van der Waals surface area contributed by atoms with Crippen LogP contribution in [0.4, 0.5) is 5.69 Å². The summed E-state index contributed by atoms with van der Waals surface area (Å²) >= 11 is 0. The van der Waals surface area contributed by atoms with Crippen LogP contribution < -0.4 is 21.8 Å². The van der Waals surface area contributed by atoms with Crippen molar-refractivity contribution in [2.45, 2.75) is 13.8 Å². The van der Waals surface area contributed by atoms with Gasteiger partial charge in [0.2, 0.25) is 0 Å². The van der Waals surface area contributed by atoms with E-state index in [0.717, 1.165) is 16.8 Å². The van der Waals surface area contributed by atoms with Gasteiger partial charge >= 0.3 is 0 Å². The van der Waals surface area contributed by atoms with Crippen LogP contribution in [0, 0.1) is 5.92 Å². The molecule has 2 aromatic carbocycles. The summed E-state index contributed by atoms with van der Waals surface area (Å²) in [4.78, 5) is 48.1. The van der Waals surface area contributed by atoms with Gasteiger partial charge in [-0.1, -0.05) is 19.9 Å². The molecule has 2 amide bonds. The van der Waals surface area contributed by atoms with Crippen LogP contribution in [0.5, 0.6) is 0 Å². The Balaban J connectivity index is 1.73. The molecule has 0 fully saturated rings. The Bertz CT molecular complexity index is 1180. The molecule has 0 aliphatic rings. The lowest BCUT2D eigenvalue weighted by molar-refractivity contribution is 0.0948. The number of hydrogen-bond donors (Lipinski definition) is 3. The molecule has 0 atom stereocenters. The van der Waals surface area contributed by atoms with E-state index in [9.17, 15) is 19.2 Å². The number of hydrogen-bond acceptors (Lipinski definition) is 4. The van der Waals surface area contributed by atoms with Gasteiger partial charge in [-0.15, -0.1) is 0 Å². The molecule has 154 valence electrons. The quantitative estimate of drug-likeness (QED) is 0.582. The van der Waals surface area contributed by atoms with E-state index >= 15 is 0 Å². The van der Waals surface area contributed by atoms with Crippen molar-refractivity contribution in [2.24, 2.45) is 5.92 Å². The second-order valence-corrected chi connectivity index (χ2v) is 7.17. The van der Waals surface area contributed by atoms with Gasteiger partial charge in [0, 0.05) is 35.5 Å². The summed E-state index contributed by atoms with van der Waals surface area (Å²) in [5.41, 5.74) is 0.852. The van der Waals surface area contributed by atoms with Crippen molar-refractivity contribution >= 4 is 17.5 Å². The van der Waals surface area contributed by atoms with Gasteiger partial charge in [0.25, 0.3) is 22.9 Å². The average Bonchev–Trinajstić information content (AvgIpc) is 2.74. The maximum absolute atomic E-state index is 12.6. The Morgan fingerprint density at radius 3 is 2.37 bits per heavy atom. The minimum Gasteiger partial charge on any atom is -0.352 e. The number of amides is 2. The van der Waals surface area contributed by atoms with Crippen LogP contribution in [0.15, 0.2) is 70.3 Å². The molecular formula is C22H22N4O4. The molecule has 3 aromatic rings. The first-order valence-electron chi connectivity index (χ1n) is 9.46. The van der Waals surface area contributed by atoms with E-state index in [1.54, 1.807) is 42.5 Å². The summed E-state index contributed by atoms with van der Waals surface area (Å²) in [6.07, 6.45) is 0. The van der Waals surface area contributed by atoms with E-state index in [2.05, 4.69) is 15.7 Å². The van der Waals surface area contributed by atoms with Gasteiger partial charge in [0.15, 0.2) is 0 Å². The molecule has 8 heteroatoms. The monoisotopic (exact) mass is 406 g/mol.